The molecule has 0 heterocycles. The first-order valence-corrected chi connectivity index (χ1v) is 6.44. The fraction of sp³-hybridized carbons (Fsp3) is 0.417. The topological polar surface area (TPSA) is 32.3 Å². The monoisotopic (exact) mass is 238 g/mol. The number of rotatable bonds is 5. The second-order valence-electron chi connectivity index (χ2n) is 3.29. The van der Waals surface area contributed by atoms with Gasteiger partial charge in [-0.15, -0.1) is 0 Å². The maximum atomic E-state index is 11.6. The average molecular weight is 238 g/mol. The van der Waals surface area contributed by atoms with Gasteiger partial charge in [-0.1, -0.05) is 30.3 Å². The summed E-state index contributed by atoms with van der Waals surface area (Å²) in [6.07, 6.45) is 0. The minimum Gasteiger partial charge on any atom is -0.338 e. The molecule has 4 heteroatoms. The second-order valence-corrected chi connectivity index (χ2v) is 4.28. The zero-order valence-electron chi connectivity index (χ0n) is 9.77. The van der Waals surface area contributed by atoms with E-state index in [9.17, 15) is 4.79 Å². The minimum atomic E-state index is -0.00840. The molecule has 0 spiro atoms. The molecule has 0 aliphatic rings. The lowest BCUT2D eigenvalue weighted by Crippen LogP contribution is -2.35. The highest BCUT2D eigenvalue weighted by Gasteiger charge is 2.10. The van der Waals surface area contributed by atoms with Gasteiger partial charge in [0.25, 0.3) is 0 Å². The van der Waals surface area contributed by atoms with Crippen LogP contribution in [0.5, 0.6) is 0 Å². The molecular formula is C12H18N2OS. The molecule has 0 aliphatic heterocycles. The molecule has 0 aromatic heterocycles. The van der Waals surface area contributed by atoms with Gasteiger partial charge in [-0.05, 0) is 31.4 Å². The Balaban J connectivity index is 2.43. The van der Waals surface area contributed by atoms with Crippen LogP contribution in [0.2, 0.25) is 0 Å². The van der Waals surface area contributed by atoms with Gasteiger partial charge in [0.15, 0.2) is 0 Å². The van der Waals surface area contributed by atoms with Crippen molar-refractivity contribution in [1.29, 1.82) is 0 Å². The van der Waals surface area contributed by atoms with Crippen molar-refractivity contribution >= 4 is 18.0 Å². The van der Waals surface area contributed by atoms with E-state index in [-0.39, 0.29) is 6.03 Å². The van der Waals surface area contributed by atoms with Gasteiger partial charge in [-0.2, -0.15) is 0 Å². The summed E-state index contributed by atoms with van der Waals surface area (Å²) in [6, 6.07) is 10.1. The van der Waals surface area contributed by atoms with Gasteiger partial charge >= 0.3 is 6.03 Å². The molecule has 88 valence electrons. The number of hydrogen-bond acceptors (Lipinski definition) is 2. The van der Waals surface area contributed by atoms with Gasteiger partial charge in [-0.3, -0.25) is 4.31 Å². The molecule has 3 nitrogen and oxygen atoms in total. The number of urea groups is 1. The number of amides is 2. The Morgan fingerprint density at radius 3 is 2.56 bits per heavy atom. The van der Waals surface area contributed by atoms with Crippen LogP contribution in [-0.2, 0) is 5.75 Å². The lowest BCUT2D eigenvalue weighted by molar-refractivity contribution is 0.227. The molecule has 16 heavy (non-hydrogen) atoms. The van der Waals surface area contributed by atoms with Crippen LogP contribution < -0.4 is 5.32 Å². The fourth-order valence-electron chi connectivity index (χ4n) is 1.26. The largest absolute Gasteiger partial charge is 0.338 e. The molecule has 0 saturated carbocycles. The first-order valence-electron chi connectivity index (χ1n) is 5.50. The van der Waals surface area contributed by atoms with E-state index in [0.717, 1.165) is 5.75 Å². The Morgan fingerprint density at radius 1 is 1.31 bits per heavy atom. The van der Waals surface area contributed by atoms with Crippen LogP contribution in [0.15, 0.2) is 30.3 Å². The van der Waals surface area contributed by atoms with E-state index in [0.29, 0.717) is 13.1 Å². The fourth-order valence-corrected chi connectivity index (χ4v) is 2.12. The highest BCUT2D eigenvalue weighted by atomic mass is 32.2. The summed E-state index contributed by atoms with van der Waals surface area (Å²) < 4.78 is 1.75. The summed E-state index contributed by atoms with van der Waals surface area (Å²) in [7, 11) is 0. The number of carbonyl (C=O) groups is 1. The lowest BCUT2D eigenvalue weighted by Gasteiger charge is -2.19. The van der Waals surface area contributed by atoms with Crippen LogP contribution in [0.3, 0.4) is 0 Å². The van der Waals surface area contributed by atoms with Crippen LogP contribution >= 0.6 is 11.9 Å². The molecule has 2 amide bonds. The molecule has 0 fully saturated rings. The molecule has 0 bridgehead atoms. The molecule has 1 aromatic carbocycles. The van der Waals surface area contributed by atoms with Crippen molar-refractivity contribution in [1.82, 2.24) is 9.62 Å². The first kappa shape index (κ1) is 12.9. The van der Waals surface area contributed by atoms with Crippen molar-refractivity contribution in [2.24, 2.45) is 0 Å². The van der Waals surface area contributed by atoms with Gasteiger partial charge in [0.1, 0.15) is 0 Å². The van der Waals surface area contributed by atoms with E-state index in [1.54, 1.807) is 16.3 Å². The molecule has 0 unspecified atom stereocenters. The Kier molecular flexibility index (Phi) is 5.78. The van der Waals surface area contributed by atoms with Gasteiger partial charge < -0.3 is 5.32 Å². The number of hydrogen-bond donors (Lipinski definition) is 1. The van der Waals surface area contributed by atoms with Crippen LogP contribution in [0, 0.1) is 0 Å². The Bertz CT molecular complexity index is 316. The third-order valence-electron chi connectivity index (χ3n) is 2.07. The van der Waals surface area contributed by atoms with Crippen molar-refractivity contribution in [2.75, 3.05) is 13.1 Å². The average Bonchev–Trinajstić information content (AvgIpc) is 2.31. The summed E-state index contributed by atoms with van der Waals surface area (Å²) in [5, 5.41) is 2.80. The van der Waals surface area contributed by atoms with E-state index in [4.69, 9.17) is 0 Å². The number of carbonyl (C=O) groups excluding carboxylic acids is 1. The summed E-state index contributed by atoms with van der Waals surface area (Å²) in [6.45, 7) is 5.28. The number of nitrogens with zero attached hydrogens (tertiary/aromatic N) is 1. The van der Waals surface area contributed by atoms with E-state index >= 15 is 0 Å². The molecule has 0 aliphatic carbocycles. The normalized spacial score (nSPS) is 9.88. The van der Waals surface area contributed by atoms with Gasteiger partial charge in [-0.25, -0.2) is 4.79 Å². The second kappa shape index (κ2) is 7.17. The maximum absolute atomic E-state index is 11.6. The third kappa shape index (κ3) is 4.14. The molecule has 1 aromatic rings. The van der Waals surface area contributed by atoms with Gasteiger partial charge in [0.2, 0.25) is 0 Å². The van der Waals surface area contributed by atoms with E-state index < -0.39 is 0 Å². The minimum absolute atomic E-state index is 0.00840. The molecule has 1 N–H and O–H groups in total. The van der Waals surface area contributed by atoms with Gasteiger partial charge in [0, 0.05) is 18.8 Å². The first-order chi connectivity index (χ1) is 7.77. The highest BCUT2D eigenvalue weighted by Crippen LogP contribution is 2.16. The highest BCUT2D eigenvalue weighted by molar-refractivity contribution is 7.96. The summed E-state index contributed by atoms with van der Waals surface area (Å²) in [4.78, 5) is 11.6. The van der Waals surface area contributed by atoms with Crippen molar-refractivity contribution in [2.45, 2.75) is 19.6 Å². The predicted molar refractivity (Wildman–Crippen MR) is 69.2 cm³/mol. The van der Waals surface area contributed by atoms with Crippen molar-refractivity contribution in [3.63, 3.8) is 0 Å². The van der Waals surface area contributed by atoms with Crippen molar-refractivity contribution < 1.29 is 4.79 Å². The molecule has 0 atom stereocenters. The zero-order valence-corrected chi connectivity index (χ0v) is 10.6. The molecule has 1 rings (SSSR count). The summed E-state index contributed by atoms with van der Waals surface area (Å²) in [5.74, 6) is 0.825. The van der Waals surface area contributed by atoms with E-state index in [2.05, 4.69) is 17.4 Å². The predicted octanol–water partition coefficient (Wildman–Crippen LogP) is 2.89. The number of benzene rings is 1. The van der Waals surface area contributed by atoms with Gasteiger partial charge in [0.05, 0.1) is 0 Å². The van der Waals surface area contributed by atoms with Crippen LogP contribution in [-0.4, -0.2) is 23.4 Å². The van der Waals surface area contributed by atoms with Crippen LogP contribution in [0.4, 0.5) is 4.79 Å². The maximum Gasteiger partial charge on any atom is 0.327 e. The molecule has 0 radical (unpaired) electrons. The van der Waals surface area contributed by atoms with Crippen molar-refractivity contribution in [3.8, 4) is 0 Å². The summed E-state index contributed by atoms with van der Waals surface area (Å²) in [5.41, 5.74) is 1.23. The third-order valence-corrected chi connectivity index (χ3v) is 3.27. The smallest absolute Gasteiger partial charge is 0.327 e. The van der Waals surface area contributed by atoms with E-state index in [1.165, 1.54) is 5.56 Å². The molecular weight excluding hydrogens is 220 g/mol. The number of nitrogens with one attached hydrogen (secondary N) is 1. The Hall–Kier alpha value is -1.16. The zero-order chi connectivity index (χ0) is 11.8. The SMILES string of the molecule is CCNC(=O)N(CC)SCc1ccccc1. The Morgan fingerprint density at radius 2 is 2.00 bits per heavy atom. The van der Waals surface area contributed by atoms with Crippen LogP contribution in [0.1, 0.15) is 19.4 Å². The quantitative estimate of drug-likeness (QED) is 0.800. The summed E-state index contributed by atoms with van der Waals surface area (Å²) >= 11 is 1.54. The lowest BCUT2D eigenvalue weighted by atomic mass is 10.2. The Labute approximate surface area is 101 Å². The van der Waals surface area contributed by atoms with Crippen molar-refractivity contribution in [3.05, 3.63) is 35.9 Å². The van der Waals surface area contributed by atoms with Crippen LogP contribution in [0.25, 0.3) is 0 Å². The van der Waals surface area contributed by atoms with E-state index in [1.807, 2.05) is 32.0 Å². The molecule has 0 saturated heterocycles. The standard InChI is InChI=1S/C12H18N2OS/c1-3-13-12(15)14(4-2)16-10-11-8-6-5-7-9-11/h5-9H,3-4,10H2,1-2H3,(H,13,15).